The van der Waals surface area contributed by atoms with Gasteiger partial charge in [-0.2, -0.15) is 5.53 Å². The smallest absolute Gasteiger partial charge is 0.240 e. The fraction of sp³-hybridized carbons (Fsp3) is 0.278. The van der Waals surface area contributed by atoms with Crippen molar-refractivity contribution in [1.29, 1.82) is 0 Å². The third-order valence-electron chi connectivity index (χ3n) is 4.00. The Morgan fingerprint density at radius 1 is 1.04 bits per heavy atom. The molecule has 24 heavy (non-hydrogen) atoms. The topological polar surface area (TPSA) is 77.2 Å². The van der Waals surface area contributed by atoms with Crippen LogP contribution in [0.25, 0.3) is 0 Å². The van der Waals surface area contributed by atoms with E-state index >= 15 is 0 Å². The molecule has 3 unspecified atom stereocenters. The van der Waals surface area contributed by atoms with Gasteiger partial charge in [0.1, 0.15) is 6.04 Å². The highest BCUT2D eigenvalue weighted by Crippen LogP contribution is 2.18. The molecule has 0 aliphatic carbocycles. The van der Waals surface area contributed by atoms with Gasteiger partial charge < -0.3 is 10.6 Å². The van der Waals surface area contributed by atoms with Gasteiger partial charge in [0.15, 0.2) is 0 Å². The number of hydrogen-bond donors (Lipinski definition) is 5. The number of hydrogen-bond acceptors (Lipinski definition) is 5. The van der Waals surface area contributed by atoms with Crippen molar-refractivity contribution in [2.45, 2.75) is 25.0 Å². The molecule has 6 nitrogen and oxygen atoms in total. The van der Waals surface area contributed by atoms with Crippen molar-refractivity contribution in [3.63, 3.8) is 0 Å². The average Bonchev–Trinajstić information content (AvgIpc) is 3.11. The lowest BCUT2D eigenvalue weighted by atomic mass is 10.00. The molecule has 1 aliphatic heterocycles. The molecule has 2 aromatic rings. The molecule has 1 aliphatic rings. The van der Waals surface area contributed by atoms with Gasteiger partial charge in [-0.25, -0.2) is 10.9 Å². The Hall–Kier alpha value is -2.41. The molecule has 0 radical (unpaired) electrons. The van der Waals surface area contributed by atoms with Crippen LogP contribution in [0.15, 0.2) is 60.7 Å². The van der Waals surface area contributed by atoms with Gasteiger partial charge in [-0.15, -0.1) is 0 Å². The molecule has 0 aromatic heterocycles. The van der Waals surface area contributed by atoms with Crippen LogP contribution in [0.5, 0.6) is 0 Å². The highest BCUT2D eigenvalue weighted by atomic mass is 16.2. The zero-order valence-electron chi connectivity index (χ0n) is 13.6. The van der Waals surface area contributed by atoms with Crippen LogP contribution in [0.3, 0.4) is 0 Å². The third-order valence-corrected chi connectivity index (χ3v) is 4.00. The Balaban J connectivity index is 1.54. The third kappa shape index (κ3) is 4.11. The largest absolute Gasteiger partial charge is 0.383 e. The Kier molecular flexibility index (Phi) is 5.43. The predicted octanol–water partition coefficient (Wildman–Crippen LogP) is 1.33. The van der Waals surface area contributed by atoms with E-state index in [1.165, 1.54) is 0 Å². The van der Waals surface area contributed by atoms with E-state index in [-0.39, 0.29) is 24.0 Å². The van der Waals surface area contributed by atoms with E-state index in [1.54, 1.807) is 0 Å². The van der Waals surface area contributed by atoms with Crippen LogP contribution in [-0.4, -0.2) is 24.5 Å². The molecule has 1 fully saturated rings. The zero-order valence-corrected chi connectivity index (χ0v) is 13.6. The predicted molar refractivity (Wildman–Crippen MR) is 94.9 cm³/mol. The first-order valence-corrected chi connectivity index (χ1v) is 8.14. The number of hydrazine groups is 2. The molecule has 1 saturated heterocycles. The van der Waals surface area contributed by atoms with Crippen molar-refractivity contribution >= 4 is 11.6 Å². The number of anilines is 1. The number of para-hydroxylation sites is 1. The molecule has 0 bridgehead atoms. The molecule has 0 saturated carbocycles. The van der Waals surface area contributed by atoms with Gasteiger partial charge in [0.2, 0.25) is 5.91 Å². The van der Waals surface area contributed by atoms with Crippen LogP contribution in [-0.2, 0) is 4.79 Å². The summed E-state index contributed by atoms with van der Waals surface area (Å²) in [5.74, 6) is -0.0382. The van der Waals surface area contributed by atoms with Crippen LogP contribution >= 0.6 is 0 Å². The number of carbonyl (C=O) groups is 1. The fourth-order valence-electron chi connectivity index (χ4n) is 2.73. The van der Waals surface area contributed by atoms with Crippen LogP contribution in [0.1, 0.15) is 18.5 Å². The Morgan fingerprint density at radius 3 is 2.42 bits per heavy atom. The summed E-state index contributed by atoms with van der Waals surface area (Å²) in [6, 6.07) is 19.4. The molecule has 1 amide bonds. The van der Waals surface area contributed by atoms with E-state index in [0.29, 0.717) is 6.54 Å². The summed E-state index contributed by atoms with van der Waals surface area (Å²) in [5.41, 5.74) is 11.0. The maximum atomic E-state index is 12.6. The quantitative estimate of drug-likeness (QED) is 0.554. The first-order valence-electron chi connectivity index (χ1n) is 8.14. The highest BCUT2D eigenvalue weighted by Gasteiger charge is 2.34. The molecular formula is C18H23N5O. The number of rotatable bonds is 6. The van der Waals surface area contributed by atoms with E-state index in [0.717, 1.165) is 11.3 Å². The van der Waals surface area contributed by atoms with Crippen LogP contribution < -0.4 is 27.0 Å². The lowest BCUT2D eigenvalue weighted by molar-refractivity contribution is -0.123. The van der Waals surface area contributed by atoms with E-state index < -0.39 is 0 Å². The van der Waals surface area contributed by atoms with Gasteiger partial charge in [0.25, 0.3) is 0 Å². The van der Waals surface area contributed by atoms with Gasteiger partial charge in [0, 0.05) is 18.3 Å². The summed E-state index contributed by atoms with van der Waals surface area (Å²) >= 11 is 0. The molecular weight excluding hydrogens is 302 g/mol. The summed E-state index contributed by atoms with van der Waals surface area (Å²) in [5, 5.41) is 6.36. The van der Waals surface area contributed by atoms with Crippen molar-refractivity contribution in [2.75, 3.05) is 11.9 Å². The average molecular weight is 325 g/mol. The molecule has 2 aromatic carbocycles. The fourth-order valence-corrected chi connectivity index (χ4v) is 2.73. The molecule has 3 atom stereocenters. The number of amides is 1. The summed E-state index contributed by atoms with van der Waals surface area (Å²) in [4.78, 5) is 12.6. The number of nitrogens with one attached hydrogen (secondary N) is 5. The monoisotopic (exact) mass is 325 g/mol. The van der Waals surface area contributed by atoms with E-state index in [9.17, 15) is 4.79 Å². The maximum Gasteiger partial charge on any atom is 0.240 e. The second kappa shape index (κ2) is 7.92. The molecule has 5 N–H and O–H groups in total. The van der Waals surface area contributed by atoms with Gasteiger partial charge in [-0.1, -0.05) is 48.5 Å². The number of carbonyl (C=O) groups excluding carboxylic acids is 1. The van der Waals surface area contributed by atoms with Crippen molar-refractivity contribution in [1.82, 2.24) is 21.7 Å². The molecule has 6 heteroatoms. The Bertz CT molecular complexity index is 649. The van der Waals surface area contributed by atoms with Crippen LogP contribution in [0.2, 0.25) is 0 Å². The summed E-state index contributed by atoms with van der Waals surface area (Å²) < 4.78 is 0. The highest BCUT2D eigenvalue weighted by molar-refractivity contribution is 5.83. The minimum atomic E-state index is -0.369. The zero-order chi connectivity index (χ0) is 16.8. The second-order valence-corrected chi connectivity index (χ2v) is 5.94. The lowest BCUT2D eigenvalue weighted by Gasteiger charge is -2.21. The first-order chi connectivity index (χ1) is 11.7. The van der Waals surface area contributed by atoms with E-state index in [2.05, 4.69) is 27.0 Å². The lowest BCUT2D eigenvalue weighted by Crippen LogP contribution is -2.49. The van der Waals surface area contributed by atoms with Crippen LogP contribution in [0.4, 0.5) is 5.69 Å². The minimum absolute atomic E-state index is 0.0107. The van der Waals surface area contributed by atoms with Crippen molar-refractivity contribution < 1.29 is 4.79 Å². The number of benzene rings is 2. The van der Waals surface area contributed by atoms with Crippen molar-refractivity contribution in [3.05, 3.63) is 66.2 Å². The first kappa shape index (κ1) is 16.4. The molecule has 0 spiro atoms. The summed E-state index contributed by atoms with van der Waals surface area (Å²) in [6.07, 6.45) is 0. The van der Waals surface area contributed by atoms with Crippen LogP contribution in [0, 0.1) is 0 Å². The Morgan fingerprint density at radius 2 is 1.71 bits per heavy atom. The van der Waals surface area contributed by atoms with Gasteiger partial charge >= 0.3 is 0 Å². The Labute approximate surface area is 142 Å². The molecule has 1 heterocycles. The van der Waals surface area contributed by atoms with E-state index in [4.69, 9.17) is 0 Å². The summed E-state index contributed by atoms with van der Waals surface area (Å²) in [7, 11) is 0. The maximum absolute atomic E-state index is 12.6. The van der Waals surface area contributed by atoms with Crippen molar-refractivity contribution in [3.8, 4) is 0 Å². The molecule has 3 rings (SSSR count). The van der Waals surface area contributed by atoms with E-state index in [1.807, 2.05) is 67.6 Å². The summed E-state index contributed by atoms with van der Waals surface area (Å²) in [6.45, 7) is 2.65. The van der Waals surface area contributed by atoms with Gasteiger partial charge in [0.05, 0.1) is 6.04 Å². The standard InChI is InChI=1S/C18H23N5O/c1-13(12-19-15-10-6-3-7-11-15)20-18(24)17-16(21-23-22-17)14-8-4-2-5-9-14/h2-11,13,16-17,19,21-23H,12H2,1H3,(H,20,24). The van der Waals surface area contributed by atoms with Gasteiger partial charge in [-0.05, 0) is 24.6 Å². The minimum Gasteiger partial charge on any atom is -0.383 e. The SMILES string of the molecule is CC(CNc1ccccc1)NC(=O)C1NNNC1c1ccccc1. The second-order valence-electron chi connectivity index (χ2n) is 5.94. The van der Waals surface area contributed by atoms with Crippen molar-refractivity contribution in [2.24, 2.45) is 0 Å². The van der Waals surface area contributed by atoms with Gasteiger partial charge in [-0.3, -0.25) is 4.79 Å². The molecule has 126 valence electrons. The normalized spacial score (nSPS) is 21.2.